The van der Waals surface area contributed by atoms with Gasteiger partial charge in [-0.1, -0.05) is 0 Å². The highest BCUT2D eigenvalue weighted by molar-refractivity contribution is 7.11. The van der Waals surface area contributed by atoms with Crippen LogP contribution in [0.15, 0.2) is 12.1 Å². The van der Waals surface area contributed by atoms with E-state index in [-0.39, 0.29) is 19.2 Å². The predicted octanol–water partition coefficient (Wildman–Crippen LogP) is 1.05. The molecule has 0 bridgehead atoms. The zero-order valence-corrected chi connectivity index (χ0v) is 11.4. The summed E-state index contributed by atoms with van der Waals surface area (Å²) < 4.78 is 5.07. The first-order valence-corrected chi connectivity index (χ1v) is 6.80. The number of urea groups is 1. The van der Waals surface area contributed by atoms with Gasteiger partial charge in [0.2, 0.25) is 0 Å². The molecule has 0 saturated carbocycles. The molecule has 6 nitrogen and oxygen atoms in total. The summed E-state index contributed by atoms with van der Waals surface area (Å²) in [4.78, 5) is 26.5. The second-order valence-electron chi connectivity index (χ2n) is 4.31. The minimum atomic E-state index is -1.04. The molecule has 1 fully saturated rings. The van der Waals surface area contributed by atoms with Crippen molar-refractivity contribution >= 4 is 23.3 Å². The van der Waals surface area contributed by atoms with Crippen LogP contribution >= 0.6 is 11.3 Å². The van der Waals surface area contributed by atoms with Gasteiger partial charge in [-0.05, 0) is 19.1 Å². The van der Waals surface area contributed by atoms with Gasteiger partial charge in [-0.25, -0.2) is 9.59 Å². The number of carbonyl (C=O) groups is 2. The van der Waals surface area contributed by atoms with Gasteiger partial charge in [0.25, 0.3) is 0 Å². The number of hydrogen-bond donors (Lipinski definition) is 2. The van der Waals surface area contributed by atoms with Crippen molar-refractivity contribution in [3.8, 4) is 0 Å². The van der Waals surface area contributed by atoms with E-state index in [1.165, 1.54) is 9.78 Å². The Morgan fingerprint density at radius 2 is 2.37 bits per heavy atom. The topological polar surface area (TPSA) is 78.9 Å². The molecule has 0 aliphatic carbocycles. The number of rotatable bonds is 3. The molecule has 0 radical (unpaired) electrons. The maximum Gasteiger partial charge on any atom is 0.334 e. The second kappa shape index (κ2) is 6.03. The number of aliphatic carboxylic acids is 1. The number of nitrogens with zero attached hydrogens (tertiary/aromatic N) is 1. The number of carbonyl (C=O) groups excluding carboxylic acids is 1. The third kappa shape index (κ3) is 3.68. The largest absolute Gasteiger partial charge is 0.479 e. The molecular weight excluding hydrogens is 268 g/mol. The SMILES string of the molecule is Cc1ccc(CNC(=O)N2CCOC(C(=O)O)C2)s1. The van der Waals surface area contributed by atoms with Crippen molar-refractivity contribution in [1.82, 2.24) is 10.2 Å². The number of ether oxygens (including phenoxy) is 1. The van der Waals surface area contributed by atoms with Crippen LogP contribution in [0.2, 0.25) is 0 Å². The summed E-state index contributed by atoms with van der Waals surface area (Å²) in [6, 6.07) is 3.72. The second-order valence-corrected chi connectivity index (χ2v) is 5.69. The van der Waals surface area contributed by atoms with Crippen molar-refractivity contribution in [3.63, 3.8) is 0 Å². The minimum Gasteiger partial charge on any atom is -0.479 e. The Labute approximate surface area is 115 Å². The molecule has 1 aliphatic heterocycles. The first-order chi connectivity index (χ1) is 9.06. The fraction of sp³-hybridized carbons (Fsp3) is 0.500. The molecule has 2 N–H and O–H groups in total. The molecule has 2 amide bonds. The van der Waals surface area contributed by atoms with Crippen LogP contribution in [-0.2, 0) is 16.1 Å². The lowest BCUT2D eigenvalue weighted by Crippen LogP contribution is -2.51. The minimum absolute atomic E-state index is 0.0879. The van der Waals surface area contributed by atoms with E-state index in [2.05, 4.69) is 5.32 Å². The lowest BCUT2D eigenvalue weighted by Gasteiger charge is -2.30. The summed E-state index contributed by atoms with van der Waals surface area (Å²) in [7, 11) is 0. The van der Waals surface area contributed by atoms with E-state index in [1.54, 1.807) is 11.3 Å². The van der Waals surface area contributed by atoms with Gasteiger partial charge in [0, 0.05) is 16.3 Å². The molecule has 104 valence electrons. The highest BCUT2D eigenvalue weighted by atomic mass is 32.1. The average molecular weight is 284 g/mol. The average Bonchev–Trinajstić information content (AvgIpc) is 2.82. The number of morpholine rings is 1. The van der Waals surface area contributed by atoms with Crippen molar-refractivity contribution in [1.29, 1.82) is 0 Å². The normalized spacial score (nSPS) is 19.2. The van der Waals surface area contributed by atoms with Crippen LogP contribution in [0.4, 0.5) is 4.79 Å². The van der Waals surface area contributed by atoms with E-state index in [0.29, 0.717) is 13.1 Å². The number of aryl methyl sites for hydroxylation is 1. The number of thiophene rings is 1. The first kappa shape index (κ1) is 13.8. The van der Waals surface area contributed by atoms with Gasteiger partial charge in [0.15, 0.2) is 6.10 Å². The smallest absolute Gasteiger partial charge is 0.334 e. The van der Waals surface area contributed by atoms with Gasteiger partial charge in [-0.15, -0.1) is 11.3 Å². The van der Waals surface area contributed by atoms with Crippen LogP contribution in [0.3, 0.4) is 0 Å². The molecule has 1 atom stereocenters. The maximum absolute atomic E-state index is 11.9. The summed E-state index contributed by atoms with van der Waals surface area (Å²) in [5, 5.41) is 11.7. The zero-order chi connectivity index (χ0) is 13.8. The van der Waals surface area contributed by atoms with E-state index < -0.39 is 12.1 Å². The van der Waals surface area contributed by atoms with E-state index in [9.17, 15) is 9.59 Å². The molecule has 1 aliphatic rings. The predicted molar refractivity (Wildman–Crippen MR) is 70.2 cm³/mol. The molecule has 19 heavy (non-hydrogen) atoms. The van der Waals surface area contributed by atoms with E-state index >= 15 is 0 Å². The van der Waals surface area contributed by atoms with Crippen LogP contribution in [0.5, 0.6) is 0 Å². The Morgan fingerprint density at radius 1 is 1.58 bits per heavy atom. The van der Waals surface area contributed by atoms with Crippen molar-refractivity contribution in [2.24, 2.45) is 0 Å². The Hall–Kier alpha value is -1.60. The van der Waals surface area contributed by atoms with Crippen LogP contribution in [-0.4, -0.2) is 47.8 Å². The summed E-state index contributed by atoms with van der Waals surface area (Å²) >= 11 is 1.63. The summed E-state index contributed by atoms with van der Waals surface area (Å²) in [5.74, 6) is -1.04. The number of carboxylic acids is 1. The molecule has 2 rings (SSSR count). The first-order valence-electron chi connectivity index (χ1n) is 5.99. The molecule has 1 unspecified atom stereocenters. The third-order valence-corrected chi connectivity index (χ3v) is 3.84. The maximum atomic E-state index is 11.9. The van der Waals surface area contributed by atoms with Gasteiger partial charge in [0.05, 0.1) is 19.7 Å². The number of hydrogen-bond acceptors (Lipinski definition) is 4. The molecule has 1 aromatic rings. The monoisotopic (exact) mass is 284 g/mol. The van der Waals surface area contributed by atoms with E-state index in [0.717, 1.165) is 4.88 Å². The molecule has 2 heterocycles. The Balaban J connectivity index is 1.84. The molecule has 7 heteroatoms. The molecule has 1 saturated heterocycles. The summed E-state index contributed by atoms with van der Waals surface area (Å²) in [6.07, 6.45) is -0.927. The van der Waals surface area contributed by atoms with Crippen molar-refractivity contribution in [2.45, 2.75) is 19.6 Å². The third-order valence-electron chi connectivity index (χ3n) is 2.84. The fourth-order valence-electron chi connectivity index (χ4n) is 1.84. The molecule has 0 aromatic carbocycles. The molecular formula is C12H16N2O4S. The van der Waals surface area contributed by atoms with Gasteiger partial charge < -0.3 is 20.1 Å². The van der Waals surface area contributed by atoms with Gasteiger partial charge in [-0.2, -0.15) is 0 Å². The van der Waals surface area contributed by atoms with Gasteiger partial charge in [-0.3, -0.25) is 0 Å². The Morgan fingerprint density at radius 3 is 3.00 bits per heavy atom. The van der Waals surface area contributed by atoms with Gasteiger partial charge >= 0.3 is 12.0 Å². The fourth-order valence-corrected chi connectivity index (χ4v) is 2.67. The standard InChI is InChI=1S/C12H16N2O4S/c1-8-2-3-9(19-8)6-13-12(17)14-4-5-18-10(7-14)11(15)16/h2-3,10H,4-7H2,1H3,(H,13,17)(H,15,16). The van der Waals surface area contributed by atoms with Crippen molar-refractivity contribution in [3.05, 3.63) is 21.9 Å². The molecule has 1 aromatic heterocycles. The van der Waals surface area contributed by atoms with Crippen LogP contribution < -0.4 is 5.32 Å². The Kier molecular flexibility index (Phi) is 4.39. The number of carboxylic acid groups (broad SMARTS) is 1. The molecule has 0 spiro atoms. The highest BCUT2D eigenvalue weighted by Crippen LogP contribution is 2.14. The lowest BCUT2D eigenvalue weighted by atomic mass is 10.3. The van der Waals surface area contributed by atoms with Crippen LogP contribution in [0, 0.1) is 6.92 Å². The quantitative estimate of drug-likeness (QED) is 0.869. The lowest BCUT2D eigenvalue weighted by molar-refractivity contribution is -0.154. The number of nitrogens with one attached hydrogen (secondary N) is 1. The summed E-state index contributed by atoms with van der Waals surface area (Å²) in [5.41, 5.74) is 0. The van der Waals surface area contributed by atoms with Crippen LogP contribution in [0.1, 0.15) is 9.75 Å². The van der Waals surface area contributed by atoms with Crippen LogP contribution in [0.25, 0.3) is 0 Å². The van der Waals surface area contributed by atoms with Crippen molar-refractivity contribution < 1.29 is 19.4 Å². The Bertz CT molecular complexity index is 474. The zero-order valence-electron chi connectivity index (χ0n) is 10.6. The number of amides is 2. The van der Waals surface area contributed by atoms with E-state index in [4.69, 9.17) is 9.84 Å². The highest BCUT2D eigenvalue weighted by Gasteiger charge is 2.28. The van der Waals surface area contributed by atoms with E-state index in [1.807, 2.05) is 19.1 Å². The van der Waals surface area contributed by atoms with Gasteiger partial charge in [0.1, 0.15) is 0 Å². The summed E-state index contributed by atoms with van der Waals surface area (Å²) in [6.45, 7) is 3.23. The van der Waals surface area contributed by atoms with Crippen molar-refractivity contribution in [2.75, 3.05) is 19.7 Å².